The number of carbonyl (C=O) groups excluding carboxylic acids is 1. The zero-order chi connectivity index (χ0) is 22.1. The van der Waals surface area contributed by atoms with Crippen molar-refractivity contribution in [1.29, 1.82) is 0 Å². The maximum absolute atomic E-state index is 13.2. The van der Waals surface area contributed by atoms with Gasteiger partial charge in [0.15, 0.2) is 12.4 Å². The Morgan fingerprint density at radius 3 is 2.27 bits per heavy atom. The minimum atomic E-state index is -0.536. The first-order chi connectivity index (χ1) is 14.1. The number of esters is 1. The van der Waals surface area contributed by atoms with Crippen LogP contribution in [0.3, 0.4) is 0 Å². The fraction of sp³-hybridized carbons (Fsp3) is 0.360. The first-order valence-electron chi connectivity index (χ1n) is 10.1. The van der Waals surface area contributed by atoms with E-state index in [-0.39, 0.29) is 29.8 Å². The summed E-state index contributed by atoms with van der Waals surface area (Å²) in [6.45, 7) is 11.9. The molecular weight excluding hydrogens is 380 g/mol. The predicted molar refractivity (Wildman–Crippen MR) is 118 cm³/mol. The second-order valence-electron chi connectivity index (χ2n) is 8.44. The summed E-state index contributed by atoms with van der Waals surface area (Å²) in [7, 11) is 0. The molecule has 0 fully saturated rings. The predicted octanol–water partition coefficient (Wildman–Crippen LogP) is 5.32. The first-order valence-corrected chi connectivity index (χ1v) is 10.1. The molecule has 5 heteroatoms. The molecule has 3 rings (SSSR count). The van der Waals surface area contributed by atoms with Gasteiger partial charge in [-0.1, -0.05) is 45.0 Å². The van der Waals surface area contributed by atoms with Gasteiger partial charge in [-0.2, -0.15) is 0 Å². The van der Waals surface area contributed by atoms with Gasteiger partial charge in [0.05, 0.1) is 12.0 Å². The van der Waals surface area contributed by atoms with E-state index in [0.29, 0.717) is 22.3 Å². The Labute approximate surface area is 176 Å². The Hall–Kier alpha value is -3.08. The van der Waals surface area contributed by atoms with Crippen LogP contribution in [0.5, 0.6) is 5.75 Å². The molecule has 0 saturated heterocycles. The van der Waals surface area contributed by atoms with Crippen molar-refractivity contribution < 1.29 is 18.7 Å². The Balaban J connectivity index is 2.17. The molecule has 30 heavy (non-hydrogen) atoms. The van der Waals surface area contributed by atoms with Gasteiger partial charge in [-0.15, -0.1) is 0 Å². The molecule has 5 nitrogen and oxygen atoms in total. The summed E-state index contributed by atoms with van der Waals surface area (Å²) in [6.07, 6.45) is 0. The molecule has 0 aliphatic heterocycles. The van der Waals surface area contributed by atoms with Crippen LogP contribution < -0.4 is 10.2 Å². The first kappa shape index (κ1) is 21.6. The maximum atomic E-state index is 13.2. The highest BCUT2D eigenvalue weighted by molar-refractivity contribution is 5.83. The van der Waals surface area contributed by atoms with Crippen LogP contribution in [0.25, 0.3) is 22.3 Å². The molecule has 2 aromatic carbocycles. The van der Waals surface area contributed by atoms with Crippen LogP contribution in [-0.2, 0) is 14.9 Å². The Bertz CT molecular complexity index is 1130. The average Bonchev–Trinajstić information content (AvgIpc) is 2.68. The van der Waals surface area contributed by atoms with Gasteiger partial charge in [0.1, 0.15) is 5.58 Å². The molecule has 0 aliphatic carbocycles. The second kappa shape index (κ2) is 8.34. The minimum Gasteiger partial charge on any atom is -0.474 e. The van der Waals surface area contributed by atoms with Crippen molar-refractivity contribution in [3.63, 3.8) is 0 Å². The molecule has 3 aromatic rings. The summed E-state index contributed by atoms with van der Waals surface area (Å²) in [5.74, 6) is -0.214. The molecule has 0 aliphatic rings. The number of carbonyl (C=O) groups is 1. The molecule has 0 amide bonds. The molecule has 0 bridgehead atoms. The summed E-state index contributed by atoms with van der Waals surface area (Å²) in [5.41, 5.74) is 4.06. The third-order valence-corrected chi connectivity index (χ3v) is 5.12. The highest BCUT2D eigenvalue weighted by Crippen LogP contribution is 2.33. The van der Waals surface area contributed by atoms with Gasteiger partial charge < -0.3 is 13.9 Å². The molecule has 0 spiro atoms. The summed E-state index contributed by atoms with van der Waals surface area (Å²) in [6, 6.07) is 11.5. The molecule has 158 valence electrons. The summed E-state index contributed by atoms with van der Waals surface area (Å²) < 4.78 is 16.7. The number of rotatable bonds is 5. The number of hydrogen-bond acceptors (Lipinski definition) is 5. The molecule has 0 radical (unpaired) electrons. The second-order valence-corrected chi connectivity index (χ2v) is 8.44. The molecule has 0 atom stereocenters. The van der Waals surface area contributed by atoms with E-state index in [0.717, 1.165) is 16.7 Å². The van der Waals surface area contributed by atoms with Gasteiger partial charge in [0.25, 0.3) is 0 Å². The minimum absolute atomic E-state index is 0.000626. The lowest BCUT2D eigenvalue weighted by Gasteiger charge is -2.19. The van der Waals surface area contributed by atoms with E-state index in [2.05, 4.69) is 20.8 Å². The van der Waals surface area contributed by atoms with Crippen molar-refractivity contribution in [2.24, 2.45) is 0 Å². The van der Waals surface area contributed by atoms with E-state index < -0.39 is 5.97 Å². The van der Waals surface area contributed by atoms with Crippen molar-refractivity contribution in [1.82, 2.24) is 0 Å². The molecule has 0 N–H and O–H groups in total. The third kappa shape index (κ3) is 4.40. The van der Waals surface area contributed by atoms with Crippen LogP contribution in [0, 0.1) is 13.8 Å². The van der Waals surface area contributed by atoms with Gasteiger partial charge in [-0.25, -0.2) is 4.79 Å². The quantitative estimate of drug-likeness (QED) is 0.535. The van der Waals surface area contributed by atoms with Crippen molar-refractivity contribution in [3.8, 4) is 17.1 Å². The largest absolute Gasteiger partial charge is 0.474 e. The van der Waals surface area contributed by atoms with Crippen molar-refractivity contribution >= 4 is 16.9 Å². The average molecular weight is 408 g/mol. The smallest absolute Gasteiger partial charge is 0.344 e. The van der Waals surface area contributed by atoms with E-state index in [4.69, 9.17) is 13.9 Å². The maximum Gasteiger partial charge on any atom is 0.344 e. The van der Waals surface area contributed by atoms with E-state index in [9.17, 15) is 9.59 Å². The van der Waals surface area contributed by atoms with Gasteiger partial charge in [0.2, 0.25) is 11.2 Å². The van der Waals surface area contributed by atoms with Crippen molar-refractivity contribution in [2.75, 3.05) is 13.2 Å². The lowest BCUT2D eigenvalue weighted by Crippen LogP contribution is -2.19. The van der Waals surface area contributed by atoms with Crippen LogP contribution in [0.1, 0.15) is 44.4 Å². The van der Waals surface area contributed by atoms with Crippen LogP contribution >= 0.6 is 0 Å². The zero-order valence-electron chi connectivity index (χ0n) is 18.4. The van der Waals surface area contributed by atoms with E-state index in [1.54, 1.807) is 13.0 Å². The third-order valence-electron chi connectivity index (χ3n) is 5.12. The van der Waals surface area contributed by atoms with E-state index in [1.807, 2.05) is 44.2 Å². The lowest BCUT2D eigenvalue weighted by molar-refractivity contribution is -0.145. The Kier molecular flexibility index (Phi) is 6.01. The lowest BCUT2D eigenvalue weighted by atomic mass is 9.86. The summed E-state index contributed by atoms with van der Waals surface area (Å²) in [5, 5.41) is 0.423. The molecule has 1 heterocycles. The van der Waals surface area contributed by atoms with Crippen molar-refractivity contribution in [2.45, 2.75) is 47.0 Å². The van der Waals surface area contributed by atoms with Gasteiger partial charge >= 0.3 is 5.97 Å². The number of aryl methyl sites for hydroxylation is 2. The standard InChI is InChI=1S/C25H28O5/c1-7-28-21(26)14-29-24-22(27)19-12-15(2)16(3)13-20(19)30-23(24)17-8-10-18(11-9-17)25(4,5)6/h8-13H,7,14H2,1-6H3. The summed E-state index contributed by atoms with van der Waals surface area (Å²) >= 11 is 0. The Morgan fingerprint density at radius 2 is 1.67 bits per heavy atom. The molecule has 0 saturated carbocycles. The number of benzene rings is 2. The topological polar surface area (TPSA) is 65.7 Å². The molecular formula is C25H28O5. The van der Waals surface area contributed by atoms with E-state index >= 15 is 0 Å². The summed E-state index contributed by atoms with van der Waals surface area (Å²) in [4.78, 5) is 25.1. The fourth-order valence-corrected chi connectivity index (χ4v) is 3.21. The number of hydrogen-bond donors (Lipinski definition) is 0. The Morgan fingerprint density at radius 1 is 1.03 bits per heavy atom. The van der Waals surface area contributed by atoms with Gasteiger partial charge in [0, 0.05) is 5.56 Å². The molecule has 1 aromatic heterocycles. The van der Waals surface area contributed by atoms with Crippen molar-refractivity contribution in [3.05, 3.63) is 63.3 Å². The monoisotopic (exact) mass is 408 g/mol. The highest BCUT2D eigenvalue weighted by Gasteiger charge is 2.21. The van der Waals surface area contributed by atoms with Crippen LogP contribution in [0.15, 0.2) is 45.6 Å². The van der Waals surface area contributed by atoms with Gasteiger partial charge in [-0.05, 0) is 55.0 Å². The van der Waals surface area contributed by atoms with Crippen LogP contribution in [0.4, 0.5) is 0 Å². The number of fused-ring (bicyclic) bond motifs is 1. The van der Waals surface area contributed by atoms with Crippen LogP contribution in [-0.4, -0.2) is 19.2 Å². The van der Waals surface area contributed by atoms with Gasteiger partial charge in [-0.3, -0.25) is 4.79 Å². The highest BCUT2D eigenvalue weighted by atomic mass is 16.6. The van der Waals surface area contributed by atoms with Crippen LogP contribution in [0.2, 0.25) is 0 Å². The normalized spacial score (nSPS) is 11.5. The zero-order valence-corrected chi connectivity index (χ0v) is 18.4. The SMILES string of the molecule is CCOC(=O)COc1c(-c2ccc(C(C)(C)C)cc2)oc2cc(C)c(C)cc2c1=O. The number of ether oxygens (including phenoxy) is 2. The molecule has 0 unspecified atom stereocenters. The fourth-order valence-electron chi connectivity index (χ4n) is 3.21. The van der Waals surface area contributed by atoms with E-state index in [1.165, 1.54) is 0 Å².